The van der Waals surface area contributed by atoms with E-state index in [9.17, 15) is 4.79 Å². The summed E-state index contributed by atoms with van der Waals surface area (Å²) in [7, 11) is 0. The Morgan fingerprint density at radius 1 is 1.54 bits per heavy atom. The lowest BCUT2D eigenvalue weighted by Gasteiger charge is -2.21. The summed E-state index contributed by atoms with van der Waals surface area (Å²) in [6, 6.07) is 0. The fraction of sp³-hybridized carbons (Fsp3) is 0.667. The van der Waals surface area contributed by atoms with Crippen LogP contribution in [0.25, 0.3) is 0 Å². The van der Waals surface area contributed by atoms with Crippen LogP contribution in [0.4, 0.5) is 0 Å². The summed E-state index contributed by atoms with van der Waals surface area (Å²) in [5.74, 6) is -0.935. The highest BCUT2D eigenvalue weighted by atomic mass is 16.5. The third kappa shape index (κ3) is 4.65. The predicted molar refractivity (Wildman–Crippen MR) is 46.6 cm³/mol. The van der Waals surface area contributed by atoms with Crippen LogP contribution in [0.3, 0.4) is 0 Å². The Kier molecular flexibility index (Phi) is 4.49. The van der Waals surface area contributed by atoms with Gasteiger partial charge in [0.25, 0.3) is 0 Å². The van der Waals surface area contributed by atoms with Crippen LogP contribution in [-0.4, -0.2) is 37.0 Å². The van der Waals surface area contributed by atoms with Crippen molar-refractivity contribution in [3.63, 3.8) is 0 Å². The molecule has 0 aromatic carbocycles. The molecule has 4 heteroatoms. The maximum Gasteiger partial charge on any atom is 0.328 e. The van der Waals surface area contributed by atoms with Gasteiger partial charge in [0.1, 0.15) is 0 Å². The van der Waals surface area contributed by atoms with Crippen molar-refractivity contribution in [2.24, 2.45) is 0 Å². The number of carboxylic acid groups (broad SMARTS) is 1. The van der Waals surface area contributed by atoms with Gasteiger partial charge in [0.2, 0.25) is 0 Å². The van der Waals surface area contributed by atoms with Crippen LogP contribution in [0.15, 0.2) is 12.2 Å². The average Bonchev–Trinajstić information content (AvgIpc) is 2.14. The van der Waals surface area contributed by atoms with Crippen LogP contribution in [0.2, 0.25) is 0 Å². The van der Waals surface area contributed by atoms with E-state index in [2.05, 4.69) is 0 Å². The summed E-state index contributed by atoms with van der Waals surface area (Å²) in [6.45, 7) is 1.86. The van der Waals surface area contributed by atoms with Crippen molar-refractivity contribution in [1.29, 1.82) is 0 Å². The first kappa shape index (κ1) is 10.2. The van der Waals surface area contributed by atoms with E-state index in [-0.39, 0.29) is 6.10 Å². The van der Waals surface area contributed by atoms with Gasteiger partial charge in [0, 0.05) is 19.3 Å². The molecule has 0 aromatic heterocycles. The maximum atomic E-state index is 10.1. The topological polar surface area (TPSA) is 55.8 Å². The summed E-state index contributed by atoms with van der Waals surface area (Å²) in [5.41, 5.74) is 0. The molecule has 1 aliphatic heterocycles. The van der Waals surface area contributed by atoms with Crippen LogP contribution in [0, 0.1) is 0 Å². The van der Waals surface area contributed by atoms with Crippen LogP contribution >= 0.6 is 0 Å². The number of hydrogen-bond acceptors (Lipinski definition) is 3. The molecule has 0 radical (unpaired) electrons. The zero-order valence-electron chi connectivity index (χ0n) is 7.44. The Bertz CT molecular complexity index is 182. The number of ether oxygens (including phenoxy) is 2. The van der Waals surface area contributed by atoms with Crippen molar-refractivity contribution in [1.82, 2.24) is 0 Å². The Labute approximate surface area is 77.1 Å². The molecule has 0 aromatic rings. The van der Waals surface area contributed by atoms with Crippen LogP contribution in [-0.2, 0) is 14.3 Å². The molecule has 1 fully saturated rings. The van der Waals surface area contributed by atoms with Gasteiger partial charge in [-0.15, -0.1) is 0 Å². The Morgan fingerprint density at radius 3 is 2.85 bits per heavy atom. The highest BCUT2D eigenvalue weighted by Crippen LogP contribution is 2.09. The fourth-order valence-electron chi connectivity index (χ4n) is 1.18. The normalized spacial score (nSPS) is 19.4. The van der Waals surface area contributed by atoms with E-state index in [1.165, 1.54) is 6.08 Å². The second kappa shape index (κ2) is 5.72. The van der Waals surface area contributed by atoms with Crippen molar-refractivity contribution in [3.05, 3.63) is 12.2 Å². The minimum Gasteiger partial charge on any atom is -0.478 e. The Hall–Kier alpha value is -0.870. The average molecular weight is 186 g/mol. The highest BCUT2D eigenvalue weighted by molar-refractivity contribution is 5.79. The molecule has 1 aliphatic rings. The van der Waals surface area contributed by atoms with Gasteiger partial charge in [0.05, 0.1) is 12.7 Å². The molecule has 1 N–H and O–H groups in total. The van der Waals surface area contributed by atoms with E-state index in [1.807, 2.05) is 0 Å². The zero-order valence-corrected chi connectivity index (χ0v) is 7.44. The molecular formula is C9H14O4. The lowest BCUT2D eigenvalue weighted by atomic mass is 10.2. The third-order valence-corrected chi connectivity index (χ3v) is 1.86. The third-order valence-electron chi connectivity index (χ3n) is 1.86. The molecule has 74 valence electrons. The molecule has 0 unspecified atom stereocenters. The van der Waals surface area contributed by atoms with Crippen LogP contribution in [0.1, 0.15) is 12.8 Å². The van der Waals surface area contributed by atoms with Crippen LogP contribution < -0.4 is 0 Å². The molecule has 1 rings (SSSR count). The number of rotatable bonds is 4. The molecule has 1 saturated heterocycles. The number of carbonyl (C=O) groups is 1. The monoisotopic (exact) mass is 186 g/mol. The number of hydrogen-bond donors (Lipinski definition) is 1. The molecule has 0 saturated carbocycles. The van der Waals surface area contributed by atoms with Gasteiger partial charge in [-0.05, 0) is 12.8 Å². The van der Waals surface area contributed by atoms with Crippen molar-refractivity contribution in [2.75, 3.05) is 19.8 Å². The Balaban J connectivity index is 2.07. The summed E-state index contributed by atoms with van der Waals surface area (Å²) >= 11 is 0. The zero-order chi connectivity index (χ0) is 9.52. The van der Waals surface area contributed by atoms with Gasteiger partial charge >= 0.3 is 5.97 Å². The van der Waals surface area contributed by atoms with E-state index in [0.29, 0.717) is 6.61 Å². The quantitative estimate of drug-likeness (QED) is 0.660. The minimum atomic E-state index is -0.935. The number of aliphatic carboxylic acids is 1. The molecule has 1 heterocycles. The Morgan fingerprint density at radius 2 is 2.23 bits per heavy atom. The summed E-state index contributed by atoms with van der Waals surface area (Å²) in [5, 5.41) is 8.29. The lowest BCUT2D eigenvalue weighted by molar-refractivity contribution is -0.131. The van der Waals surface area contributed by atoms with Gasteiger partial charge < -0.3 is 14.6 Å². The van der Waals surface area contributed by atoms with E-state index in [1.54, 1.807) is 0 Å². The molecule has 0 spiro atoms. The predicted octanol–water partition coefficient (Wildman–Crippen LogP) is 0.823. The van der Waals surface area contributed by atoms with Gasteiger partial charge in [-0.3, -0.25) is 0 Å². The van der Waals surface area contributed by atoms with Crippen molar-refractivity contribution in [3.8, 4) is 0 Å². The molecule has 0 amide bonds. The smallest absolute Gasteiger partial charge is 0.328 e. The van der Waals surface area contributed by atoms with Crippen molar-refractivity contribution < 1.29 is 19.4 Å². The highest BCUT2D eigenvalue weighted by Gasteiger charge is 2.12. The van der Waals surface area contributed by atoms with Gasteiger partial charge in [-0.2, -0.15) is 0 Å². The molecule has 0 aliphatic carbocycles. The lowest BCUT2D eigenvalue weighted by Crippen LogP contribution is -2.23. The van der Waals surface area contributed by atoms with E-state index in [0.717, 1.165) is 32.1 Å². The summed E-state index contributed by atoms with van der Waals surface area (Å²) in [4.78, 5) is 10.1. The second-order valence-electron chi connectivity index (χ2n) is 2.89. The van der Waals surface area contributed by atoms with Gasteiger partial charge in [0.15, 0.2) is 0 Å². The van der Waals surface area contributed by atoms with Crippen molar-refractivity contribution in [2.45, 2.75) is 18.9 Å². The van der Waals surface area contributed by atoms with E-state index in [4.69, 9.17) is 14.6 Å². The second-order valence-corrected chi connectivity index (χ2v) is 2.89. The molecule has 13 heavy (non-hydrogen) atoms. The molecule has 0 atom stereocenters. The van der Waals surface area contributed by atoms with E-state index < -0.39 is 5.97 Å². The maximum absolute atomic E-state index is 10.1. The van der Waals surface area contributed by atoms with Crippen molar-refractivity contribution >= 4 is 5.97 Å². The standard InChI is InChI=1S/C9H14O4/c10-9(11)2-1-5-13-8-3-6-12-7-4-8/h1-2,8H,3-7H2,(H,10,11). The fourth-order valence-corrected chi connectivity index (χ4v) is 1.18. The summed E-state index contributed by atoms with van der Waals surface area (Å²) < 4.78 is 10.6. The number of carboxylic acids is 1. The molecular weight excluding hydrogens is 172 g/mol. The first-order valence-electron chi connectivity index (χ1n) is 4.38. The summed E-state index contributed by atoms with van der Waals surface area (Å²) in [6.07, 6.45) is 4.64. The van der Waals surface area contributed by atoms with Crippen LogP contribution in [0.5, 0.6) is 0 Å². The first-order chi connectivity index (χ1) is 6.29. The van der Waals surface area contributed by atoms with E-state index >= 15 is 0 Å². The SMILES string of the molecule is O=C(O)C=CCOC1CCOCC1. The minimum absolute atomic E-state index is 0.229. The molecule has 4 nitrogen and oxygen atoms in total. The molecule has 0 bridgehead atoms. The van der Waals surface area contributed by atoms with Gasteiger partial charge in [-0.25, -0.2) is 4.79 Å². The first-order valence-corrected chi connectivity index (χ1v) is 4.38. The largest absolute Gasteiger partial charge is 0.478 e. The van der Waals surface area contributed by atoms with Gasteiger partial charge in [-0.1, -0.05) is 6.08 Å².